The maximum atomic E-state index is 4.57. The highest BCUT2D eigenvalue weighted by atomic mass is 32.1. The first-order chi connectivity index (χ1) is 9.24. The summed E-state index contributed by atoms with van der Waals surface area (Å²) in [6.07, 6.45) is 2.07. The van der Waals surface area contributed by atoms with Crippen LogP contribution in [-0.2, 0) is 13.1 Å². The first-order valence-electron chi connectivity index (χ1n) is 6.42. The van der Waals surface area contributed by atoms with E-state index in [1.54, 1.807) is 0 Å². The molecule has 1 N–H and O–H groups in total. The lowest BCUT2D eigenvalue weighted by molar-refractivity contribution is 0.678. The zero-order valence-corrected chi connectivity index (χ0v) is 12.0. The zero-order valence-electron chi connectivity index (χ0n) is 11.2. The summed E-state index contributed by atoms with van der Waals surface area (Å²) in [6, 6.07) is 10.5. The van der Waals surface area contributed by atoms with Crippen molar-refractivity contribution in [1.29, 1.82) is 0 Å². The molecule has 3 heterocycles. The number of rotatable bonds is 4. The summed E-state index contributed by atoms with van der Waals surface area (Å²) >= 11 is 1.85. The van der Waals surface area contributed by atoms with Crippen LogP contribution in [0.5, 0.6) is 0 Å². The molecule has 0 aromatic carbocycles. The number of nitrogens with one attached hydrogen (secondary N) is 1. The van der Waals surface area contributed by atoms with Crippen molar-refractivity contribution < 1.29 is 0 Å². The summed E-state index contributed by atoms with van der Waals surface area (Å²) in [4.78, 5) is 7.31. The number of hydrogen-bond donors (Lipinski definition) is 1. The van der Waals surface area contributed by atoms with Gasteiger partial charge in [-0.1, -0.05) is 6.07 Å². The lowest BCUT2D eigenvalue weighted by Crippen LogP contribution is -2.14. The SMILES string of the molecule is Cc1ccc(CNCc2c(C)nc3ccccn23)s1. The maximum absolute atomic E-state index is 4.57. The second-order valence-corrected chi connectivity index (χ2v) is 6.06. The molecule has 0 amide bonds. The average molecular weight is 271 g/mol. The third-order valence-corrected chi connectivity index (χ3v) is 4.22. The highest BCUT2D eigenvalue weighted by molar-refractivity contribution is 7.11. The highest BCUT2D eigenvalue weighted by Gasteiger charge is 2.07. The number of imidazole rings is 1. The van der Waals surface area contributed by atoms with Gasteiger partial charge in [-0.05, 0) is 38.1 Å². The van der Waals surface area contributed by atoms with Crippen LogP contribution in [0.3, 0.4) is 0 Å². The van der Waals surface area contributed by atoms with Gasteiger partial charge in [0.1, 0.15) is 5.65 Å². The van der Waals surface area contributed by atoms with E-state index in [-0.39, 0.29) is 0 Å². The normalized spacial score (nSPS) is 11.3. The van der Waals surface area contributed by atoms with Crippen LogP contribution in [0.4, 0.5) is 0 Å². The van der Waals surface area contributed by atoms with Gasteiger partial charge in [-0.2, -0.15) is 0 Å². The van der Waals surface area contributed by atoms with Crippen molar-refractivity contribution in [2.75, 3.05) is 0 Å². The summed E-state index contributed by atoms with van der Waals surface area (Å²) in [5.41, 5.74) is 3.36. The highest BCUT2D eigenvalue weighted by Crippen LogP contribution is 2.15. The smallest absolute Gasteiger partial charge is 0.137 e. The van der Waals surface area contributed by atoms with Crippen LogP contribution in [0.2, 0.25) is 0 Å². The van der Waals surface area contributed by atoms with Crippen molar-refractivity contribution >= 4 is 17.0 Å². The van der Waals surface area contributed by atoms with Crippen molar-refractivity contribution in [3.8, 4) is 0 Å². The summed E-state index contributed by atoms with van der Waals surface area (Å²) in [7, 11) is 0. The molecule has 0 fully saturated rings. The Morgan fingerprint density at radius 1 is 1.16 bits per heavy atom. The number of aryl methyl sites for hydroxylation is 2. The van der Waals surface area contributed by atoms with Gasteiger partial charge in [0.15, 0.2) is 0 Å². The van der Waals surface area contributed by atoms with Gasteiger partial charge in [0, 0.05) is 29.0 Å². The fourth-order valence-corrected chi connectivity index (χ4v) is 3.12. The topological polar surface area (TPSA) is 29.3 Å². The minimum atomic E-state index is 0.841. The number of hydrogen-bond acceptors (Lipinski definition) is 3. The molecule has 3 rings (SSSR count). The zero-order chi connectivity index (χ0) is 13.2. The summed E-state index contributed by atoms with van der Waals surface area (Å²) in [5, 5.41) is 3.50. The third kappa shape index (κ3) is 2.55. The van der Waals surface area contributed by atoms with Gasteiger partial charge in [-0.3, -0.25) is 0 Å². The summed E-state index contributed by atoms with van der Waals surface area (Å²) in [6.45, 7) is 5.97. The Bertz CT molecular complexity index is 696. The van der Waals surface area contributed by atoms with Crippen LogP contribution in [0.1, 0.15) is 21.1 Å². The van der Waals surface area contributed by atoms with E-state index >= 15 is 0 Å². The molecular weight excluding hydrogens is 254 g/mol. The Morgan fingerprint density at radius 2 is 2.05 bits per heavy atom. The Morgan fingerprint density at radius 3 is 2.84 bits per heavy atom. The first kappa shape index (κ1) is 12.4. The van der Waals surface area contributed by atoms with Gasteiger partial charge >= 0.3 is 0 Å². The lowest BCUT2D eigenvalue weighted by Gasteiger charge is -2.04. The largest absolute Gasteiger partial charge is 0.306 e. The molecule has 0 bridgehead atoms. The second-order valence-electron chi connectivity index (χ2n) is 4.69. The van der Waals surface area contributed by atoms with Crippen LogP contribution in [0.15, 0.2) is 36.5 Å². The molecule has 3 aromatic heterocycles. The molecular formula is C15H17N3S. The standard InChI is InChI=1S/C15H17N3S/c1-11-6-7-13(19-11)9-16-10-14-12(2)17-15-5-3-4-8-18(14)15/h3-8,16H,9-10H2,1-2H3. The summed E-state index contributed by atoms with van der Waals surface area (Å²) in [5.74, 6) is 0. The van der Waals surface area contributed by atoms with E-state index in [1.165, 1.54) is 15.4 Å². The predicted octanol–water partition coefficient (Wildman–Crippen LogP) is 3.30. The third-order valence-electron chi connectivity index (χ3n) is 3.22. The molecule has 0 aliphatic carbocycles. The molecule has 0 aliphatic rings. The minimum absolute atomic E-state index is 0.841. The predicted molar refractivity (Wildman–Crippen MR) is 79.5 cm³/mol. The minimum Gasteiger partial charge on any atom is -0.306 e. The molecule has 98 valence electrons. The van der Waals surface area contributed by atoms with Crippen LogP contribution in [0.25, 0.3) is 5.65 Å². The number of thiophene rings is 1. The Hall–Kier alpha value is -1.65. The van der Waals surface area contributed by atoms with Crippen molar-refractivity contribution in [3.63, 3.8) is 0 Å². The van der Waals surface area contributed by atoms with Gasteiger partial charge in [0.2, 0.25) is 0 Å². The van der Waals surface area contributed by atoms with Crippen LogP contribution < -0.4 is 5.32 Å². The molecule has 19 heavy (non-hydrogen) atoms. The molecule has 0 unspecified atom stereocenters. The van der Waals surface area contributed by atoms with Crippen molar-refractivity contribution in [2.24, 2.45) is 0 Å². The monoisotopic (exact) mass is 271 g/mol. The maximum Gasteiger partial charge on any atom is 0.137 e. The first-order valence-corrected chi connectivity index (χ1v) is 7.24. The van der Waals surface area contributed by atoms with Crippen LogP contribution >= 0.6 is 11.3 Å². The number of aromatic nitrogens is 2. The molecule has 4 heteroatoms. The molecule has 0 saturated carbocycles. The van der Waals surface area contributed by atoms with E-state index in [4.69, 9.17) is 0 Å². The van der Waals surface area contributed by atoms with E-state index in [1.807, 2.05) is 29.5 Å². The molecule has 3 nitrogen and oxygen atoms in total. The fourth-order valence-electron chi connectivity index (χ4n) is 2.26. The second kappa shape index (κ2) is 5.15. The van der Waals surface area contributed by atoms with Crippen molar-refractivity contribution in [2.45, 2.75) is 26.9 Å². The number of pyridine rings is 1. The summed E-state index contributed by atoms with van der Waals surface area (Å²) < 4.78 is 2.15. The number of nitrogens with zero attached hydrogens (tertiary/aromatic N) is 2. The van der Waals surface area contributed by atoms with Crippen LogP contribution in [0, 0.1) is 13.8 Å². The molecule has 3 aromatic rings. The van der Waals surface area contributed by atoms with Gasteiger partial charge < -0.3 is 9.72 Å². The van der Waals surface area contributed by atoms with Gasteiger partial charge in [-0.15, -0.1) is 11.3 Å². The quantitative estimate of drug-likeness (QED) is 0.789. The van der Waals surface area contributed by atoms with E-state index in [0.717, 1.165) is 24.4 Å². The molecule has 0 saturated heterocycles. The molecule has 0 aliphatic heterocycles. The molecule has 0 radical (unpaired) electrons. The molecule has 0 atom stereocenters. The van der Waals surface area contributed by atoms with E-state index in [0.29, 0.717) is 0 Å². The van der Waals surface area contributed by atoms with Gasteiger partial charge in [0.25, 0.3) is 0 Å². The molecule has 0 spiro atoms. The average Bonchev–Trinajstić information content (AvgIpc) is 2.94. The van der Waals surface area contributed by atoms with Gasteiger partial charge in [-0.25, -0.2) is 4.98 Å². The fraction of sp³-hybridized carbons (Fsp3) is 0.267. The van der Waals surface area contributed by atoms with Gasteiger partial charge in [0.05, 0.1) is 11.4 Å². The van der Waals surface area contributed by atoms with Crippen LogP contribution in [-0.4, -0.2) is 9.38 Å². The number of fused-ring (bicyclic) bond motifs is 1. The lowest BCUT2D eigenvalue weighted by atomic mass is 10.3. The van der Waals surface area contributed by atoms with Crippen molar-refractivity contribution in [1.82, 2.24) is 14.7 Å². The Kier molecular flexibility index (Phi) is 3.36. The van der Waals surface area contributed by atoms with Crippen molar-refractivity contribution in [3.05, 3.63) is 57.7 Å². The van der Waals surface area contributed by atoms with E-state index in [9.17, 15) is 0 Å². The Labute approximate surface area is 116 Å². The Balaban J connectivity index is 1.73. The van der Waals surface area contributed by atoms with E-state index in [2.05, 4.69) is 46.9 Å². The van der Waals surface area contributed by atoms with E-state index < -0.39 is 0 Å².